The van der Waals surface area contributed by atoms with Crippen molar-refractivity contribution in [3.8, 4) is 5.75 Å². The van der Waals surface area contributed by atoms with Gasteiger partial charge in [0.1, 0.15) is 11.6 Å². The van der Waals surface area contributed by atoms with Crippen LogP contribution < -0.4 is 4.74 Å². The Morgan fingerprint density at radius 2 is 2.00 bits per heavy atom. The number of unbranched alkanes of at least 4 members (excludes halogenated alkanes) is 3. The van der Waals surface area contributed by atoms with E-state index in [9.17, 15) is 0 Å². The van der Waals surface area contributed by atoms with E-state index in [1.165, 1.54) is 37.0 Å². The summed E-state index contributed by atoms with van der Waals surface area (Å²) in [4.78, 5) is 4.84. The molecule has 1 heterocycles. The highest BCUT2D eigenvalue weighted by molar-refractivity contribution is 5.77. The molecule has 0 saturated heterocycles. The molecule has 0 atom stereocenters. The van der Waals surface area contributed by atoms with Gasteiger partial charge in [0.25, 0.3) is 0 Å². The summed E-state index contributed by atoms with van der Waals surface area (Å²) in [5.41, 5.74) is 2.29. The largest absolute Gasteiger partial charge is 0.497 e. The summed E-state index contributed by atoms with van der Waals surface area (Å²) < 4.78 is 7.72. The molecule has 0 saturated carbocycles. The predicted molar refractivity (Wildman–Crippen MR) is 89.0 cm³/mol. The topological polar surface area (TPSA) is 27.1 Å². The molecule has 3 heteroatoms. The van der Waals surface area contributed by atoms with Crippen molar-refractivity contribution in [2.24, 2.45) is 5.92 Å². The molecular weight excluding hydrogens is 260 g/mol. The SMILES string of the molecule is CCCCCCn1c(CC(C)C)nc2cc(OC)ccc21. The van der Waals surface area contributed by atoms with Crippen molar-refractivity contribution >= 4 is 11.0 Å². The van der Waals surface area contributed by atoms with Gasteiger partial charge in [-0.25, -0.2) is 4.98 Å². The zero-order valence-corrected chi connectivity index (χ0v) is 13.9. The first-order valence-electron chi connectivity index (χ1n) is 8.18. The van der Waals surface area contributed by atoms with Crippen molar-refractivity contribution in [2.45, 2.75) is 59.4 Å². The molecule has 1 aromatic heterocycles. The second-order valence-corrected chi connectivity index (χ2v) is 6.19. The molecule has 3 nitrogen and oxygen atoms in total. The molecule has 116 valence electrons. The maximum atomic E-state index is 5.32. The molecule has 0 N–H and O–H groups in total. The van der Waals surface area contributed by atoms with E-state index in [1.54, 1.807) is 7.11 Å². The van der Waals surface area contributed by atoms with Crippen LogP contribution in [0.1, 0.15) is 52.3 Å². The Morgan fingerprint density at radius 1 is 1.19 bits per heavy atom. The summed E-state index contributed by atoms with van der Waals surface area (Å²) in [5, 5.41) is 0. The molecule has 0 radical (unpaired) electrons. The molecule has 0 bridgehead atoms. The van der Waals surface area contributed by atoms with Crippen molar-refractivity contribution < 1.29 is 4.74 Å². The third-order valence-corrected chi connectivity index (χ3v) is 3.86. The van der Waals surface area contributed by atoms with Crippen LogP contribution in [0, 0.1) is 5.92 Å². The molecule has 0 aliphatic heterocycles. The number of ether oxygens (including phenoxy) is 1. The van der Waals surface area contributed by atoms with Crippen LogP contribution in [0.3, 0.4) is 0 Å². The van der Waals surface area contributed by atoms with Crippen LogP contribution in [0.2, 0.25) is 0 Å². The average Bonchev–Trinajstić information content (AvgIpc) is 2.79. The Morgan fingerprint density at radius 3 is 2.67 bits per heavy atom. The summed E-state index contributed by atoms with van der Waals surface area (Å²) in [6, 6.07) is 6.22. The van der Waals surface area contributed by atoms with E-state index in [0.29, 0.717) is 5.92 Å². The lowest BCUT2D eigenvalue weighted by Gasteiger charge is -2.10. The number of hydrogen-bond acceptors (Lipinski definition) is 2. The van der Waals surface area contributed by atoms with Gasteiger partial charge < -0.3 is 9.30 Å². The molecular formula is C18H28N2O. The summed E-state index contributed by atoms with van der Waals surface area (Å²) in [6.45, 7) is 7.83. The lowest BCUT2D eigenvalue weighted by Crippen LogP contribution is -2.07. The first-order valence-corrected chi connectivity index (χ1v) is 8.18. The van der Waals surface area contributed by atoms with Crippen LogP contribution in [0.25, 0.3) is 11.0 Å². The molecule has 0 aliphatic carbocycles. The van der Waals surface area contributed by atoms with Crippen LogP contribution in [0.15, 0.2) is 18.2 Å². The number of fused-ring (bicyclic) bond motifs is 1. The molecule has 0 unspecified atom stereocenters. The number of rotatable bonds is 8. The minimum atomic E-state index is 0.623. The van der Waals surface area contributed by atoms with Crippen molar-refractivity contribution in [1.82, 2.24) is 9.55 Å². The number of methoxy groups -OCH3 is 1. The molecule has 2 aromatic rings. The molecule has 2 rings (SSSR count). The zero-order valence-electron chi connectivity index (χ0n) is 13.9. The maximum absolute atomic E-state index is 5.32. The molecule has 0 amide bonds. The average molecular weight is 288 g/mol. The lowest BCUT2D eigenvalue weighted by molar-refractivity contribution is 0.415. The normalized spacial score (nSPS) is 11.5. The second-order valence-electron chi connectivity index (χ2n) is 6.19. The third-order valence-electron chi connectivity index (χ3n) is 3.86. The summed E-state index contributed by atoms with van der Waals surface area (Å²) >= 11 is 0. The van der Waals surface area contributed by atoms with Gasteiger partial charge in [-0.1, -0.05) is 40.0 Å². The fraction of sp³-hybridized carbons (Fsp3) is 0.611. The Bertz CT molecular complexity index is 572. The van der Waals surface area contributed by atoms with Gasteiger partial charge in [-0.3, -0.25) is 0 Å². The quantitative estimate of drug-likeness (QED) is 0.651. The van der Waals surface area contributed by atoms with E-state index in [4.69, 9.17) is 9.72 Å². The Labute approximate surface area is 128 Å². The van der Waals surface area contributed by atoms with Gasteiger partial charge in [0.05, 0.1) is 18.1 Å². The number of aryl methyl sites for hydroxylation is 1. The van der Waals surface area contributed by atoms with Crippen LogP contribution in [-0.4, -0.2) is 16.7 Å². The number of hydrogen-bond donors (Lipinski definition) is 0. The molecule has 1 aromatic carbocycles. The predicted octanol–water partition coefficient (Wildman–Crippen LogP) is 4.82. The Balaban J connectivity index is 2.28. The van der Waals surface area contributed by atoms with Gasteiger partial charge in [-0.2, -0.15) is 0 Å². The van der Waals surface area contributed by atoms with E-state index in [1.807, 2.05) is 12.1 Å². The van der Waals surface area contributed by atoms with Crippen molar-refractivity contribution in [1.29, 1.82) is 0 Å². The highest BCUT2D eigenvalue weighted by atomic mass is 16.5. The third kappa shape index (κ3) is 3.99. The fourth-order valence-electron chi connectivity index (χ4n) is 2.75. The number of benzene rings is 1. The van der Waals surface area contributed by atoms with Crippen molar-refractivity contribution in [3.05, 3.63) is 24.0 Å². The van der Waals surface area contributed by atoms with E-state index >= 15 is 0 Å². The summed E-state index contributed by atoms with van der Waals surface area (Å²) in [7, 11) is 1.71. The maximum Gasteiger partial charge on any atom is 0.121 e. The lowest BCUT2D eigenvalue weighted by atomic mass is 10.1. The second kappa shape index (κ2) is 7.48. The minimum Gasteiger partial charge on any atom is -0.497 e. The summed E-state index contributed by atoms with van der Waals surface area (Å²) in [5.74, 6) is 2.72. The van der Waals surface area contributed by atoms with Crippen LogP contribution in [0.5, 0.6) is 5.75 Å². The first-order chi connectivity index (χ1) is 10.2. The monoisotopic (exact) mass is 288 g/mol. The first kappa shape index (κ1) is 15.9. The molecule has 21 heavy (non-hydrogen) atoms. The molecule has 0 aliphatic rings. The van der Waals surface area contributed by atoms with Crippen LogP contribution >= 0.6 is 0 Å². The minimum absolute atomic E-state index is 0.623. The van der Waals surface area contributed by atoms with Gasteiger partial charge >= 0.3 is 0 Å². The van der Waals surface area contributed by atoms with Gasteiger partial charge in [-0.05, 0) is 24.5 Å². The number of aromatic nitrogens is 2. The van der Waals surface area contributed by atoms with Gasteiger partial charge in [0.2, 0.25) is 0 Å². The van der Waals surface area contributed by atoms with Gasteiger partial charge in [0, 0.05) is 19.0 Å². The van der Waals surface area contributed by atoms with E-state index < -0.39 is 0 Å². The smallest absolute Gasteiger partial charge is 0.121 e. The fourth-order valence-corrected chi connectivity index (χ4v) is 2.75. The van der Waals surface area contributed by atoms with Gasteiger partial charge in [-0.15, -0.1) is 0 Å². The van der Waals surface area contributed by atoms with Gasteiger partial charge in [0.15, 0.2) is 0 Å². The van der Waals surface area contributed by atoms with Crippen molar-refractivity contribution in [3.63, 3.8) is 0 Å². The summed E-state index contributed by atoms with van der Waals surface area (Å²) in [6.07, 6.45) is 6.16. The molecule has 0 fully saturated rings. The van der Waals surface area contributed by atoms with E-state index in [2.05, 4.69) is 31.4 Å². The van der Waals surface area contributed by atoms with Crippen molar-refractivity contribution in [2.75, 3.05) is 7.11 Å². The number of imidazole rings is 1. The van der Waals surface area contributed by atoms with Crippen LogP contribution in [-0.2, 0) is 13.0 Å². The highest BCUT2D eigenvalue weighted by Gasteiger charge is 2.12. The van der Waals surface area contributed by atoms with E-state index in [-0.39, 0.29) is 0 Å². The zero-order chi connectivity index (χ0) is 15.2. The Kier molecular flexibility index (Phi) is 5.66. The van der Waals surface area contributed by atoms with E-state index in [0.717, 1.165) is 24.2 Å². The Hall–Kier alpha value is -1.51. The number of nitrogens with zero attached hydrogens (tertiary/aromatic N) is 2. The molecule has 0 spiro atoms. The standard InChI is InChI=1S/C18H28N2O/c1-5-6-7-8-11-20-17-10-9-15(21-4)13-16(17)19-18(20)12-14(2)3/h9-10,13-14H,5-8,11-12H2,1-4H3. The highest BCUT2D eigenvalue weighted by Crippen LogP contribution is 2.23. The van der Waals surface area contributed by atoms with Crippen LogP contribution in [0.4, 0.5) is 0 Å².